The Labute approximate surface area is 137 Å². The van der Waals surface area contributed by atoms with E-state index in [2.05, 4.69) is 15.1 Å². The van der Waals surface area contributed by atoms with Crippen LogP contribution in [0.3, 0.4) is 0 Å². The fourth-order valence-corrected chi connectivity index (χ4v) is 3.00. The molecule has 2 aliphatic heterocycles. The maximum atomic E-state index is 12.6. The molecule has 1 N–H and O–H groups in total. The Bertz CT molecular complexity index is 837. The van der Waals surface area contributed by atoms with Crippen LogP contribution in [0, 0.1) is 6.92 Å². The number of H-pyrrole nitrogens is 1. The monoisotopic (exact) mass is 331 g/mol. The topological polar surface area (TPSA) is 105 Å². The second kappa shape index (κ2) is 5.75. The fourth-order valence-electron chi connectivity index (χ4n) is 3.00. The van der Waals surface area contributed by atoms with Gasteiger partial charge in [0.25, 0.3) is 11.5 Å². The van der Waals surface area contributed by atoms with Crippen molar-refractivity contribution in [2.45, 2.75) is 20.0 Å². The molecule has 9 nitrogen and oxygen atoms in total. The molecule has 2 aliphatic rings. The predicted molar refractivity (Wildman–Crippen MR) is 82.7 cm³/mol. The molecule has 4 rings (SSSR count). The lowest BCUT2D eigenvalue weighted by atomic mass is 10.3. The minimum atomic E-state index is -0.294. The Morgan fingerprint density at radius 2 is 2.08 bits per heavy atom. The zero-order valence-corrected chi connectivity index (χ0v) is 13.2. The quantitative estimate of drug-likeness (QED) is 0.829. The summed E-state index contributed by atoms with van der Waals surface area (Å²) in [5.74, 6) is 1.04. The number of anilines is 1. The van der Waals surface area contributed by atoms with Crippen LogP contribution in [-0.4, -0.2) is 52.2 Å². The van der Waals surface area contributed by atoms with Gasteiger partial charge in [-0.25, -0.2) is 4.98 Å². The van der Waals surface area contributed by atoms with Crippen molar-refractivity contribution in [2.24, 2.45) is 0 Å². The third-order valence-electron chi connectivity index (χ3n) is 4.24. The highest BCUT2D eigenvalue weighted by Crippen LogP contribution is 2.22. The second-order valence-corrected chi connectivity index (χ2v) is 5.89. The van der Waals surface area contributed by atoms with Gasteiger partial charge in [-0.15, -0.1) is 0 Å². The summed E-state index contributed by atoms with van der Waals surface area (Å²) in [6, 6.07) is 1.64. The lowest BCUT2D eigenvalue weighted by Crippen LogP contribution is -2.36. The third-order valence-corrected chi connectivity index (χ3v) is 4.24. The number of ether oxygens (including phenoxy) is 1. The smallest absolute Gasteiger partial charge is 0.293 e. The Morgan fingerprint density at radius 3 is 2.88 bits per heavy atom. The number of nitrogens with one attached hydrogen (secondary N) is 1. The molecule has 0 bridgehead atoms. The number of morpholine rings is 1. The number of carbonyl (C=O) groups is 1. The van der Waals surface area contributed by atoms with E-state index in [1.165, 1.54) is 4.90 Å². The largest absolute Gasteiger partial charge is 0.378 e. The van der Waals surface area contributed by atoms with Gasteiger partial charge in [0.2, 0.25) is 5.76 Å². The van der Waals surface area contributed by atoms with Crippen molar-refractivity contribution < 1.29 is 14.1 Å². The number of nitrogens with zero attached hydrogens (tertiary/aromatic N) is 4. The number of fused-ring (bicyclic) bond motifs is 1. The molecule has 0 radical (unpaired) electrons. The predicted octanol–water partition coefficient (Wildman–Crippen LogP) is 0.0589. The van der Waals surface area contributed by atoms with Crippen molar-refractivity contribution in [1.82, 2.24) is 20.0 Å². The van der Waals surface area contributed by atoms with E-state index in [9.17, 15) is 9.59 Å². The highest BCUT2D eigenvalue weighted by Gasteiger charge is 2.30. The highest BCUT2D eigenvalue weighted by molar-refractivity contribution is 5.92. The van der Waals surface area contributed by atoms with E-state index in [-0.39, 0.29) is 23.8 Å². The summed E-state index contributed by atoms with van der Waals surface area (Å²) < 4.78 is 10.5. The van der Waals surface area contributed by atoms with Crippen LogP contribution in [-0.2, 0) is 17.8 Å². The Hall–Kier alpha value is -2.68. The van der Waals surface area contributed by atoms with Crippen molar-refractivity contribution in [3.8, 4) is 0 Å². The van der Waals surface area contributed by atoms with Gasteiger partial charge < -0.3 is 24.0 Å². The first kappa shape index (κ1) is 14.9. The van der Waals surface area contributed by atoms with Gasteiger partial charge in [0.05, 0.1) is 37.6 Å². The molecule has 1 fully saturated rings. The number of rotatable bonds is 2. The zero-order chi connectivity index (χ0) is 16.7. The summed E-state index contributed by atoms with van der Waals surface area (Å²) in [5.41, 5.74) is 0.971. The summed E-state index contributed by atoms with van der Waals surface area (Å²) in [5, 5.41) is 3.98. The Morgan fingerprint density at radius 1 is 1.29 bits per heavy atom. The van der Waals surface area contributed by atoms with E-state index >= 15 is 0 Å². The highest BCUT2D eigenvalue weighted by atomic mass is 16.5. The van der Waals surface area contributed by atoms with Gasteiger partial charge in [-0.3, -0.25) is 9.59 Å². The van der Waals surface area contributed by atoms with Crippen LogP contribution in [0.25, 0.3) is 0 Å². The molecule has 24 heavy (non-hydrogen) atoms. The van der Waals surface area contributed by atoms with Crippen LogP contribution in [0.5, 0.6) is 0 Å². The van der Waals surface area contributed by atoms with E-state index in [4.69, 9.17) is 9.26 Å². The van der Waals surface area contributed by atoms with Crippen LogP contribution >= 0.6 is 0 Å². The normalized spacial score (nSPS) is 17.2. The summed E-state index contributed by atoms with van der Waals surface area (Å²) >= 11 is 0. The number of aromatic amines is 1. The molecule has 0 saturated carbocycles. The van der Waals surface area contributed by atoms with E-state index < -0.39 is 0 Å². The van der Waals surface area contributed by atoms with Crippen molar-refractivity contribution in [2.75, 3.05) is 31.2 Å². The Balaban J connectivity index is 1.52. The zero-order valence-electron chi connectivity index (χ0n) is 13.2. The van der Waals surface area contributed by atoms with Gasteiger partial charge in [0.15, 0.2) is 5.82 Å². The van der Waals surface area contributed by atoms with Gasteiger partial charge >= 0.3 is 0 Å². The Kier molecular flexibility index (Phi) is 3.57. The molecule has 1 saturated heterocycles. The molecule has 0 aromatic carbocycles. The molecule has 0 spiro atoms. The molecule has 4 heterocycles. The first-order valence-electron chi connectivity index (χ1n) is 7.79. The van der Waals surface area contributed by atoms with Crippen molar-refractivity contribution in [1.29, 1.82) is 0 Å². The summed E-state index contributed by atoms with van der Waals surface area (Å²) in [6.07, 6.45) is 0. The minimum Gasteiger partial charge on any atom is -0.378 e. The fraction of sp³-hybridized carbons (Fsp3) is 0.467. The van der Waals surface area contributed by atoms with Crippen molar-refractivity contribution in [3.05, 3.63) is 39.3 Å². The molecule has 0 unspecified atom stereocenters. The molecular weight excluding hydrogens is 314 g/mol. The van der Waals surface area contributed by atoms with Crippen LogP contribution < -0.4 is 10.5 Å². The number of aryl methyl sites for hydroxylation is 1. The maximum absolute atomic E-state index is 12.6. The average molecular weight is 331 g/mol. The summed E-state index contributed by atoms with van der Waals surface area (Å²) in [6.45, 7) is 4.94. The van der Waals surface area contributed by atoms with Gasteiger partial charge in [0, 0.05) is 19.2 Å². The van der Waals surface area contributed by atoms with Gasteiger partial charge in [0.1, 0.15) is 5.82 Å². The van der Waals surface area contributed by atoms with Crippen LogP contribution in [0.15, 0.2) is 15.4 Å². The first-order chi connectivity index (χ1) is 11.6. The first-order valence-corrected chi connectivity index (χ1v) is 7.79. The maximum Gasteiger partial charge on any atom is 0.293 e. The number of hydrogen-bond donors (Lipinski definition) is 1. The van der Waals surface area contributed by atoms with Crippen LogP contribution in [0.2, 0.25) is 0 Å². The molecule has 9 heteroatoms. The summed E-state index contributed by atoms with van der Waals surface area (Å²) in [7, 11) is 0. The summed E-state index contributed by atoms with van der Waals surface area (Å²) in [4.78, 5) is 35.1. The molecule has 0 aliphatic carbocycles. The molecule has 0 atom stereocenters. The number of aromatic nitrogens is 3. The van der Waals surface area contributed by atoms with Gasteiger partial charge in [-0.1, -0.05) is 5.16 Å². The van der Waals surface area contributed by atoms with E-state index in [1.54, 1.807) is 13.0 Å². The van der Waals surface area contributed by atoms with Crippen molar-refractivity contribution >= 4 is 11.7 Å². The number of carbonyl (C=O) groups excluding carboxylic acids is 1. The standard InChI is InChI=1S/C15H17N5O4/c1-9-16-11-8-20(7-10(11)14(21)17-9)15(22)12-6-13(18-24-12)19-2-4-23-5-3-19/h6H,2-5,7-8H2,1H3,(H,16,17,21). The molecule has 2 aromatic heterocycles. The van der Waals surface area contributed by atoms with E-state index in [0.717, 1.165) is 0 Å². The lowest BCUT2D eigenvalue weighted by Gasteiger charge is -2.25. The third kappa shape index (κ3) is 2.56. The average Bonchev–Trinajstić information content (AvgIpc) is 3.22. The lowest BCUT2D eigenvalue weighted by molar-refractivity contribution is 0.0708. The van der Waals surface area contributed by atoms with Crippen molar-refractivity contribution in [3.63, 3.8) is 0 Å². The molecule has 2 aromatic rings. The second-order valence-electron chi connectivity index (χ2n) is 5.89. The molecule has 126 valence electrons. The minimum absolute atomic E-state index is 0.164. The van der Waals surface area contributed by atoms with Gasteiger partial charge in [-0.2, -0.15) is 0 Å². The molecular formula is C15H17N5O4. The number of hydrogen-bond acceptors (Lipinski definition) is 7. The SMILES string of the molecule is Cc1nc2c(c(=O)[nH]1)CN(C(=O)c1cc(N3CCOCC3)no1)C2. The van der Waals surface area contributed by atoms with E-state index in [1.807, 2.05) is 4.90 Å². The molecule has 1 amide bonds. The number of amides is 1. The van der Waals surface area contributed by atoms with Crippen LogP contribution in [0.1, 0.15) is 27.6 Å². The van der Waals surface area contributed by atoms with Crippen LogP contribution in [0.4, 0.5) is 5.82 Å². The van der Waals surface area contributed by atoms with E-state index in [0.29, 0.717) is 55.7 Å². The van der Waals surface area contributed by atoms with Gasteiger partial charge in [-0.05, 0) is 6.92 Å².